The van der Waals surface area contributed by atoms with Crippen molar-refractivity contribution in [3.63, 3.8) is 0 Å². The van der Waals surface area contributed by atoms with Crippen LogP contribution < -0.4 is 5.32 Å². The predicted octanol–water partition coefficient (Wildman–Crippen LogP) is 1.83. The third-order valence-corrected chi connectivity index (χ3v) is 6.07. The average Bonchev–Trinajstić information content (AvgIpc) is 2.36. The highest BCUT2D eigenvalue weighted by Crippen LogP contribution is 2.25. The molecule has 1 unspecified atom stereocenters. The molecule has 0 saturated heterocycles. The molecule has 0 heterocycles. The molecular weight excluding hydrogens is 248 g/mol. The maximum Gasteiger partial charge on any atom is 0.217 e. The molecule has 1 atom stereocenters. The van der Waals surface area contributed by atoms with E-state index in [-0.39, 0.29) is 5.25 Å². The number of hydrogen-bond donors (Lipinski definition) is 1. The molecule has 0 aliphatic heterocycles. The van der Waals surface area contributed by atoms with Gasteiger partial charge in [0, 0.05) is 20.1 Å². The summed E-state index contributed by atoms with van der Waals surface area (Å²) in [5, 5.41) is 2.77. The quantitative estimate of drug-likeness (QED) is 0.772. The number of sulfonamides is 1. The van der Waals surface area contributed by atoms with E-state index in [1.54, 1.807) is 18.3 Å². The normalized spacial score (nSPS) is 20.2. The second kappa shape index (κ2) is 7.46. The summed E-state index contributed by atoms with van der Waals surface area (Å²) in [5.41, 5.74) is 0. The Morgan fingerprint density at radius 1 is 1.28 bits per heavy atom. The van der Waals surface area contributed by atoms with Gasteiger partial charge in [-0.15, -0.1) is 0 Å². The van der Waals surface area contributed by atoms with Crippen LogP contribution in [-0.2, 0) is 10.0 Å². The minimum absolute atomic E-state index is 0.342. The summed E-state index contributed by atoms with van der Waals surface area (Å²) in [4.78, 5) is 0. The third kappa shape index (κ3) is 4.52. The summed E-state index contributed by atoms with van der Waals surface area (Å²) < 4.78 is 26.2. The van der Waals surface area contributed by atoms with Crippen molar-refractivity contribution in [1.82, 2.24) is 9.62 Å². The number of nitrogens with zero attached hydrogens (tertiary/aromatic N) is 1. The van der Waals surface area contributed by atoms with Crippen LogP contribution in [0, 0.1) is 5.92 Å². The molecule has 1 saturated carbocycles. The van der Waals surface area contributed by atoms with Crippen LogP contribution in [0.3, 0.4) is 0 Å². The molecule has 1 N–H and O–H groups in total. The van der Waals surface area contributed by atoms with Crippen molar-refractivity contribution in [2.75, 3.05) is 26.7 Å². The second-order valence-electron chi connectivity index (χ2n) is 5.45. The van der Waals surface area contributed by atoms with E-state index in [2.05, 4.69) is 5.32 Å². The summed E-state index contributed by atoms with van der Waals surface area (Å²) in [6.45, 7) is 5.82. The van der Waals surface area contributed by atoms with Crippen molar-refractivity contribution in [3.05, 3.63) is 0 Å². The van der Waals surface area contributed by atoms with Gasteiger partial charge in [0.2, 0.25) is 10.0 Å². The monoisotopic (exact) mass is 276 g/mol. The van der Waals surface area contributed by atoms with Gasteiger partial charge in [-0.05, 0) is 32.2 Å². The average molecular weight is 276 g/mol. The number of nitrogens with one attached hydrogen (secondary N) is 1. The van der Waals surface area contributed by atoms with Crippen LogP contribution in [0.15, 0.2) is 0 Å². The zero-order valence-corrected chi connectivity index (χ0v) is 12.8. The van der Waals surface area contributed by atoms with Crippen LogP contribution in [-0.4, -0.2) is 44.7 Å². The molecule has 0 aromatic rings. The van der Waals surface area contributed by atoms with Crippen molar-refractivity contribution in [2.45, 2.75) is 51.2 Å². The lowest BCUT2D eigenvalue weighted by atomic mass is 9.89. The summed E-state index contributed by atoms with van der Waals surface area (Å²) in [6.07, 6.45) is 6.18. The third-order valence-electron chi connectivity index (χ3n) is 3.86. The molecule has 0 aromatic carbocycles. The zero-order valence-electron chi connectivity index (χ0n) is 12.0. The minimum Gasteiger partial charge on any atom is -0.316 e. The molecule has 0 aromatic heterocycles. The summed E-state index contributed by atoms with van der Waals surface area (Å²) >= 11 is 0. The molecule has 108 valence electrons. The molecule has 1 aliphatic carbocycles. The van der Waals surface area contributed by atoms with Crippen LogP contribution >= 0.6 is 0 Å². The molecule has 1 fully saturated rings. The van der Waals surface area contributed by atoms with Gasteiger partial charge in [-0.3, -0.25) is 0 Å². The van der Waals surface area contributed by atoms with E-state index in [0.29, 0.717) is 19.0 Å². The first-order valence-electron chi connectivity index (χ1n) is 7.14. The van der Waals surface area contributed by atoms with E-state index in [1.807, 2.05) is 6.92 Å². The Hall–Kier alpha value is -0.130. The van der Waals surface area contributed by atoms with Crippen LogP contribution in [0.25, 0.3) is 0 Å². The lowest BCUT2D eigenvalue weighted by Crippen LogP contribution is -2.42. The van der Waals surface area contributed by atoms with Gasteiger partial charge in [0.15, 0.2) is 0 Å². The van der Waals surface area contributed by atoms with Gasteiger partial charge in [0.05, 0.1) is 5.25 Å². The maximum atomic E-state index is 12.3. The van der Waals surface area contributed by atoms with Gasteiger partial charge in [-0.2, -0.15) is 0 Å². The van der Waals surface area contributed by atoms with Crippen molar-refractivity contribution in [1.29, 1.82) is 0 Å². The minimum atomic E-state index is -3.14. The van der Waals surface area contributed by atoms with Gasteiger partial charge in [-0.1, -0.05) is 26.2 Å². The molecule has 4 nitrogen and oxygen atoms in total. The van der Waals surface area contributed by atoms with Gasteiger partial charge in [0.1, 0.15) is 0 Å². The van der Waals surface area contributed by atoms with E-state index in [4.69, 9.17) is 0 Å². The first-order valence-corrected chi connectivity index (χ1v) is 8.64. The highest BCUT2D eigenvalue weighted by atomic mass is 32.2. The fourth-order valence-electron chi connectivity index (χ4n) is 2.60. The standard InChI is InChI=1S/C13H28N2O2S/c1-4-14-10-12(2)18(16,17)15(3)11-13-8-6-5-7-9-13/h12-14H,4-11H2,1-3H3. The molecular formula is C13H28N2O2S. The van der Waals surface area contributed by atoms with Crippen molar-refractivity contribution in [3.8, 4) is 0 Å². The largest absolute Gasteiger partial charge is 0.316 e. The highest BCUT2D eigenvalue weighted by molar-refractivity contribution is 7.89. The van der Waals surface area contributed by atoms with Crippen LogP contribution in [0.1, 0.15) is 46.0 Å². The second-order valence-corrected chi connectivity index (χ2v) is 7.91. The van der Waals surface area contributed by atoms with Crippen molar-refractivity contribution in [2.24, 2.45) is 5.92 Å². The summed E-state index contributed by atoms with van der Waals surface area (Å²) in [5.74, 6) is 0.560. The van der Waals surface area contributed by atoms with Gasteiger partial charge in [0.25, 0.3) is 0 Å². The van der Waals surface area contributed by atoms with E-state index < -0.39 is 10.0 Å². The Morgan fingerprint density at radius 2 is 1.89 bits per heavy atom. The van der Waals surface area contributed by atoms with Crippen molar-refractivity contribution < 1.29 is 8.42 Å². The summed E-state index contributed by atoms with van der Waals surface area (Å²) in [6, 6.07) is 0. The topological polar surface area (TPSA) is 49.4 Å². The van der Waals surface area contributed by atoms with Gasteiger partial charge in [-0.25, -0.2) is 12.7 Å². The van der Waals surface area contributed by atoms with E-state index in [0.717, 1.165) is 6.54 Å². The molecule has 0 spiro atoms. The molecule has 5 heteroatoms. The fraction of sp³-hybridized carbons (Fsp3) is 1.00. The van der Waals surface area contributed by atoms with Crippen molar-refractivity contribution >= 4 is 10.0 Å². The highest BCUT2D eigenvalue weighted by Gasteiger charge is 2.27. The smallest absolute Gasteiger partial charge is 0.217 e. The van der Waals surface area contributed by atoms with Crippen LogP contribution in [0.2, 0.25) is 0 Å². The Labute approximate surface area is 112 Å². The van der Waals surface area contributed by atoms with Gasteiger partial charge < -0.3 is 5.32 Å². The van der Waals surface area contributed by atoms with E-state index >= 15 is 0 Å². The molecule has 18 heavy (non-hydrogen) atoms. The molecule has 0 radical (unpaired) electrons. The van der Waals surface area contributed by atoms with E-state index in [9.17, 15) is 8.42 Å². The number of rotatable bonds is 7. The summed E-state index contributed by atoms with van der Waals surface area (Å²) in [7, 11) is -1.41. The zero-order chi connectivity index (χ0) is 13.6. The maximum absolute atomic E-state index is 12.3. The SMILES string of the molecule is CCNCC(C)S(=O)(=O)N(C)CC1CCCCC1. The molecule has 1 rings (SSSR count). The van der Waals surface area contributed by atoms with Crippen LogP contribution in [0.5, 0.6) is 0 Å². The predicted molar refractivity (Wildman–Crippen MR) is 76.1 cm³/mol. The first kappa shape index (κ1) is 15.9. The Kier molecular flexibility index (Phi) is 6.60. The lowest BCUT2D eigenvalue weighted by Gasteiger charge is -2.28. The fourth-order valence-corrected chi connectivity index (χ4v) is 3.96. The van der Waals surface area contributed by atoms with E-state index in [1.165, 1.54) is 32.1 Å². The molecule has 1 aliphatic rings. The lowest BCUT2D eigenvalue weighted by molar-refractivity contribution is 0.298. The number of hydrogen-bond acceptors (Lipinski definition) is 3. The Balaban J connectivity index is 2.49. The Bertz CT molecular complexity index is 324. The molecule has 0 bridgehead atoms. The van der Waals surface area contributed by atoms with Crippen LogP contribution in [0.4, 0.5) is 0 Å². The Morgan fingerprint density at radius 3 is 2.44 bits per heavy atom. The first-order chi connectivity index (χ1) is 8.48. The van der Waals surface area contributed by atoms with Gasteiger partial charge >= 0.3 is 0 Å². The molecule has 0 amide bonds.